The zero-order valence-electron chi connectivity index (χ0n) is 15.7. The van der Waals surface area contributed by atoms with Gasteiger partial charge in [0.2, 0.25) is 0 Å². The van der Waals surface area contributed by atoms with Crippen LogP contribution >= 0.6 is 0 Å². The van der Waals surface area contributed by atoms with E-state index in [-0.39, 0.29) is 17.6 Å². The molecule has 2 aromatic carbocycles. The highest BCUT2D eigenvalue weighted by Gasteiger charge is 2.24. The minimum absolute atomic E-state index is 0.0256. The highest BCUT2D eigenvalue weighted by Crippen LogP contribution is 2.23. The molecule has 8 heteroatoms. The van der Waals surface area contributed by atoms with Crippen molar-refractivity contribution in [3.05, 3.63) is 75.9 Å². The molecule has 0 saturated carbocycles. The molecule has 0 aliphatic rings. The molecule has 1 aromatic heterocycles. The highest BCUT2D eigenvalue weighted by molar-refractivity contribution is 5.97. The molecular formula is C21H18FNO6. The van der Waals surface area contributed by atoms with Gasteiger partial charge in [0.1, 0.15) is 23.2 Å². The molecule has 0 bridgehead atoms. The molecule has 1 atom stereocenters. The Labute approximate surface area is 165 Å². The number of rotatable bonds is 6. The number of carbonyl (C=O) groups excluding carboxylic acids is 2. The fourth-order valence-corrected chi connectivity index (χ4v) is 2.93. The van der Waals surface area contributed by atoms with Gasteiger partial charge in [-0.05, 0) is 35.9 Å². The van der Waals surface area contributed by atoms with Crippen molar-refractivity contribution in [1.82, 2.24) is 5.32 Å². The van der Waals surface area contributed by atoms with Gasteiger partial charge < -0.3 is 19.2 Å². The lowest BCUT2D eigenvalue weighted by atomic mass is 10.0. The summed E-state index contributed by atoms with van der Waals surface area (Å²) in [7, 11) is 2.67. The van der Waals surface area contributed by atoms with E-state index in [9.17, 15) is 18.8 Å². The van der Waals surface area contributed by atoms with E-state index in [0.29, 0.717) is 16.7 Å². The monoisotopic (exact) mass is 399 g/mol. The van der Waals surface area contributed by atoms with Gasteiger partial charge in [-0.15, -0.1) is 0 Å². The number of nitrogens with one attached hydrogen (secondary N) is 1. The molecule has 150 valence electrons. The van der Waals surface area contributed by atoms with Crippen LogP contribution in [0, 0.1) is 5.82 Å². The molecule has 1 amide bonds. The Hall–Kier alpha value is -3.68. The van der Waals surface area contributed by atoms with Crippen LogP contribution in [0.4, 0.5) is 4.39 Å². The minimum atomic E-state index is -1.09. The quantitative estimate of drug-likeness (QED) is 0.505. The van der Waals surface area contributed by atoms with Gasteiger partial charge in [-0.3, -0.25) is 4.79 Å². The summed E-state index contributed by atoms with van der Waals surface area (Å²) >= 11 is 0. The third kappa shape index (κ3) is 4.60. The molecule has 0 aliphatic heterocycles. The van der Waals surface area contributed by atoms with E-state index in [2.05, 4.69) is 5.32 Å². The first-order chi connectivity index (χ1) is 13.9. The van der Waals surface area contributed by atoms with Crippen LogP contribution in [0.25, 0.3) is 11.0 Å². The number of hydrogen-bond acceptors (Lipinski definition) is 6. The third-order valence-corrected chi connectivity index (χ3v) is 4.34. The van der Waals surface area contributed by atoms with E-state index >= 15 is 0 Å². The van der Waals surface area contributed by atoms with E-state index in [1.165, 1.54) is 38.5 Å². The number of methoxy groups -OCH3 is 2. The van der Waals surface area contributed by atoms with Crippen LogP contribution in [0.15, 0.2) is 57.7 Å². The second kappa shape index (κ2) is 8.55. The molecule has 3 rings (SSSR count). The molecule has 1 heterocycles. The second-order valence-corrected chi connectivity index (χ2v) is 6.22. The minimum Gasteiger partial charge on any atom is -0.497 e. The molecule has 7 nitrogen and oxygen atoms in total. The summed E-state index contributed by atoms with van der Waals surface area (Å²) in [6.07, 6.45) is -0.0256. The number of halogens is 1. The van der Waals surface area contributed by atoms with Crippen molar-refractivity contribution in [3.63, 3.8) is 0 Å². The van der Waals surface area contributed by atoms with Crippen molar-refractivity contribution in [1.29, 1.82) is 0 Å². The molecule has 1 N–H and O–H groups in total. The number of benzene rings is 2. The van der Waals surface area contributed by atoms with Crippen molar-refractivity contribution in [2.45, 2.75) is 12.5 Å². The maximum absolute atomic E-state index is 13.4. The second-order valence-electron chi connectivity index (χ2n) is 6.22. The molecule has 0 aliphatic carbocycles. The number of hydrogen-bond donors (Lipinski definition) is 1. The van der Waals surface area contributed by atoms with Gasteiger partial charge in [0.25, 0.3) is 5.91 Å². The van der Waals surface area contributed by atoms with Gasteiger partial charge in [-0.25, -0.2) is 14.0 Å². The molecular weight excluding hydrogens is 381 g/mol. The summed E-state index contributed by atoms with van der Waals surface area (Å²) in [5.74, 6) is -1.42. The van der Waals surface area contributed by atoms with Crippen LogP contribution in [0.5, 0.6) is 5.75 Å². The lowest BCUT2D eigenvalue weighted by Gasteiger charge is -2.17. The first-order valence-corrected chi connectivity index (χ1v) is 8.66. The van der Waals surface area contributed by atoms with Crippen LogP contribution in [-0.4, -0.2) is 32.1 Å². The molecule has 0 saturated heterocycles. The van der Waals surface area contributed by atoms with Crippen LogP contribution in [-0.2, 0) is 16.0 Å². The van der Waals surface area contributed by atoms with Gasteiger partial charge in [-0.1, -0.05) is 6.07 Å². The summed E-state index contributed by atoms with van der Waals surface area (Å²) in [4.78, 5) is 36.6. The lowest BCUT2D eigenvalue weighted by Crippen LogP contribution is -2.43. The number of esters is 1. The topological polar surface area (TPSA) is 94.8 Å². The third-order valence-electron chi connectivity index (χ3n) is 4.34. The summed E-state index contributed by atoms with van der Waals surface area (Å²) in [6, 6.07) is 10.2. The predicted molar refractivity (Wildman–Crippen MR) is 102 cm³/mol. The van der Waals surface area contributed by atoms with Gasteiger partial charge in [-0.2, -0.15) is 0 Å². The van der Waals surface area contributed by atoms with Crippen molar-refractivity contribution < 1.29 is 27.9 Å². The molecule has 0 radical (unpaired) electrons. The molecule has 0 unspecified atom stereocenters. The van der Waals surface area contributed by atoms with Crippen molar-refractivity contribution in [2.24, 2.45) is 0 Å². The Morgan fingerprint density at radius 1 is 1.14 bits per heavy atom. The Kier molecular flexibility index (Phi) is 5.92. The van der Waals surface area contributed by atoms with Crippen molar-refractivity contribution in [2.75, 3.05) is 14.2 Å². The van der Waals surface area contributed by atoms with Crippen molar-refractivity contribution >= 4 is 22.8 Å². The zero-order chi connectivity index (χ0) is 21.0. The molecule has 0 fully saturated rings. The van der Waals surface area contributed by atoms with E-state index in [1.54, 1.807) is 18.2 Å². The molecule has 3 aromatic rings. The normalized spacial score (nSPS) is 11.7. The van der Waals surface area contributed by atoms with E-state index in [4.69, 9.17) is 13.9 Å². The van der Waals surface area contributed by atoms with Crippen molar-refractivity contribution in [3.8, 4) is 5.75 Å². The largest absolute Gasteiger partial charge is 0.497 e. The highest BCUT2D eigenvalue weighted by atomic mass is 19.1. The smallest absolute Gasteiger partial charge is 0.336 e. The average molecular weight is 399 g/mol. The van der Waals surface area contributed by atoms with Gasteiger partial charge >= 0.3 is 11.6 Å². The Morgan fingerprint density at radius 3 is 2.62 bits per heavy atom. The SMILES string of the molecule is COC(=O)[C@H](Cc1cc(=O)oc2cc(OC)ccc12)NC(=O)c1cccc(F)c1. The van der Waals surface area contributed by atoms with E-state index in [1.807, 2.05) is 0 Å². The van der Waals surface area contributed by atoms with Crippen LogP contribution in [0.1, 0.15) is 15.9 Å². The number of amides is 1. The van der Waals surface area contributed by atoms with Crippen LogP contribution < -0.4 is 15.7 Å². The van der Waals surface area contributed by atoms with E-state index < -0.39 is 29.4 Å². The van der Waals surface area contributed by atoms with Gasteiger partial charge in [0.05, 0.1) is 14.2 Å². The summed E-state index contributed by atoms with van der Waals surface area (Å²) < 4.78 is 28.5. The van der Waals surface area contributed by atoms with Crippen LogP contribution in [0.2, 0.25) is 0 Å². The summed E-state index contributed by atoms with van der Waals surface area (Å²) in [5, 5.41) is 3.11. The Bertz CT molecular complexity index is 1120. The number of fused-ring (bicyclic) bond motifs is 1. The fourth-order valence-electron chi connectivity index (χ4n) is 2.93. The predicted octanol–water partition coefficient (Wildman–Crippen LogP) is 2.45. The van der Waals surface area contributed by atoms with Crippen LogP contribution in [0.3, 0.4) is 0 Å². The fraction of sp³-hybridized carbons (Fsp3) is 0.190. The van der Waals surface area contributed by atoms with E-state index in [0.717, 1.165) is 6.07 Å². The van der Waals surface area contributed by atoms with Gasteiger partial charge in [0, 0.05) is 29.5 Å². The average Bonchev–Trinajstić information content (AvgIpc) is 2.71. The first kappa shape index (κ1) is 20.1. The maximum Gasteiger partial charge on any atom is 0.336 e. The summed E-state index contributed by atoms with van der Waals surface area (Å²) in [5.41, 5.74) is 0.211. The molecule has 0 spiro atoms. The maximum atomic E-state index is 13.4. The lowest BCUT2D eigenvalue weighted by molar-refractivity contribution is -0.142. The Balaban J connectivity index is 1.94. The number of ether oxygens (including phenoxy) is 2. The number of carbonyl (C=O) groups is 2. The summed E-state index contributed by atoms with van der Waals surface area (Å²) in [6.45, 7) is 0. The molecule has 29 heavy (non-hydrogen) atoms. The standard InChI is InChI=1S/C21H18FNO6/c1-27-15-6-7-16-13(10-19(24)29-18(16)11-15)9-17(21(26)28-2)23-20(25)12-4-3-5-14(22)8-12/h3-8,10-11,17H,9H2,1-2H3,(H,23,25)/t17-/m0/s1. The first-order valence-electron chi connectivity index (χ1n) is 8.66. The van der Waals surface area contributed by atoms with Gasteiger partial charge in [0.15, 0.2) is 0 Å². The Morgan fingerprint density at radius 2 is 1.93 bits per heavy atom. The zero-order valence-corrected chi connectivity index (χ0v) is 15.7.